The number of nitrogens with one attached hydrogen (secondary N) is 2. The quantitative estimate of drug-likeness (QED) is 0.533. The van der Waals surface area contributed by atoms with Crippen LogP contribution in [0.3, 0.4) is 0 Å². The molecule has 1 aliphatic heterocycles. The lowest BCUT2D eigenvalue weighted by Crippen LogP contribution is -2.40. The minimum absolute atomic E-state index is 0.0302. The summed E-state index contributed by atoms with van der Waals surface area (Å²) in [6.45, 7) is 3.84. The van der Waals surface area contributed by atoms with Gasteiger partial charge in [-0.25, -0.2) is 30.3 Å². The van der Waals surface area contributed by atoms with Gasteiger partial charge in [0.05, 0.1) is 11.3 Å². The summed E-state index contributed by atoms with van der Waals surface area (Å²) in [5.41, 5.74) is 0.616. The number of hydrogen-bond donors (Lipinski definition) is 2. The van der Waals surface area contributed by atoms with Gasteiger partial charge >= 0.3 is 0 Å². The second-order valence-electron chi connectivity index (χ2n) is 8.60. The average molecular weight is 506 g/mol. The molecule has 33 heavy (non-hydrogen) atoms. The fourth-order valence-corrected chi connectivity index (χ4v) is 6.17. The van der Waals surface area contributed by atoms with Crippen LogP contribution in [-0.2, 0) is 31.3 Å². The lowest BCUT2D eigenvalue weighted by Gasteiger charge is -2.28. The number of halogens is 2. The Labute approximate surface area is 193 Å². The van der Waals surface area contributed by atoms with Crippen LogP contribution in [0.5, 0.6) is 0 Å². The fraction of sp³-hybridized carbons (Fsp3) is 0.571. The zero-order chi connectivity index (χ0) is 24.3. The summed E-state index contributed by atoms with van der Waals surface area (Å²) in [6.07, 6.45) is 0.570. The van der Waals surface area contributed by atoms with Gasteiger partial charge in [0, 0.05) is 43.9 Å². The van der Waals surface area contributed by atoms with E-state index in [1.807, 2.05) is 0 Å². The zero-order valence-electron chi connectivity index (χ0n) is 18.2. The monoisotopic (exact) mass is 505 g/mol. The Balaban J connectivity index is 1.52. The average Bonchev–Trinajstić information content (AvgIpc) is 3.24. The fourth-order valence-electron chi connectivity index (χ4n) is 4.05. The number of nitrogens with zero attached hydrogens (tertiary/aromatic N) is 1. The van der Waals surface area contributed by atoms with E-state index in [-0.39, 0.29) is 74.5 Å². The molecule has 1 amide bonds. The molecular formula is C21H29F2N3O5S2. The van der Waals surface area contributed by atoms with Crippen molar-refractivity contribution in [2.45, 2.75) is 55.4 Å². The first-order chi connectivity index (χ1) is 15.4. The van der Waals surface area contributed by atoms with Gasteiger partial charge in [0.1, 0.15) is 0 Å². The third kappa shape index (κ3) is 7.05. The first-order valence-electron chi connectivity index (χ1n) is 10.8. The molecule has 1 saturated heterocycles. The lowest BCUT2D eigenvalue weighted by atomic mass is 9.92. The molecular weight excluding hydrogens is 476 g/mol. The van der Waals surface area contributed by atoms with Crippen molar-refractivity contribution in [1.82, 2.24) is 14.3 Å². The molecule has 0 aromatic heterocycles. The minimum Gasteiger partial charge on any atom is -0.353 e. The number of sulfonamides is 2. The van der Waals surface area contributed by atoms with Gasteiger partial charge in [-0.05, 0) is 42.9 Å². The molecule has 1 aliphatic carbocycles. The Morgan fingerprint density at radius 1 is 1.12 bits per heavy atom. The SMILES string of the molecule is C=CS(=O)(=O)NC[C@H]1CCN(S(=O)(=O)c2ccc(CC(=O)NC3CCC(F)(F)CC3)cc2)C1. The molecule has 2 N–H and O–H groups in total. The second-order valence-corrected chi connectivity index (χ2v) is 12.2. The third-order valence-corrected chi connectivity index (χ3v) is 8.94. The highest BCUT2D eigenvalue weighted by Gasteiger charge is 2.35. The van der Waals surface area contributed by atoms with Crippen molar-refractivity contribution in [3.8, 4) is 0 Å². The van der Waals surface area contributed by atoms with Crippen molar-refractivity contribution in [2.75, 3.05) is 19.6 Å². The van der Waals surface area contributed by atoms with Gasteiger partial charge in [-0.3, -0.25) is 4.79 Å². The number of rotatable bonds is 9. The summed E-state index contributed by atoms with van der Waals surface area (Å²) in [4.78, 5) is 12.3. The molecule has 0 radical (unpaired) electrons. The second kappa shape index (κ2) is 10.2. The van der Waals surface area contributed by atoms with Gasteiger partial charge in [-0.1, -0.05) is 18.7 Å². The van der Waals surface area contributed by atoms with Crippen LogP contribution < -0.4 is 10.0 Å². The number of benzene rings is 1. The third-order valence-electron chi connectivity index (χ3n) is 6.05. The Kier molecular flexibility index (Phi) is 7.92. The lowest BCUT2D eigenvalue weighted by molar-refractivity contribution is -0.122. The number of alkyl halides is 2. The highest BCUT2D eigenvalue weighted by molar-refractivity contribution is 7.92. The van der Waals surface area contributed by atoms with E-state index in [4.69, 9.17) is 0 Å². The van der Waals surface area contributed by atoms with E-state index in [1.54, 1.807) is 12.1 Å². The molecule has 1 aromatic carbocycles. The highest BCUT2D eigenvalue weighted by atomic mass is 32.2. The highest BCUT2D eigenvalue weighted by Crippen LogP contribution is 2.33. The van der Waals surface area contributed by atoms with E-state index in [1.165, 1.54) is 16.4 Å². The maximum absolute atomic E-state index is 13.2. The molecule has 1 saturated carbocycles. The van der Waals surface area contributed by atoms with Crippen molar-refractivity contribution in [1.29, 1.82) is 0 Å². The molecule has 184 valence electrons. The van der Waals surface area contributed by atoms with Gasteiger partial charge in [-0.15, -0.1) is 0 Å². The molecule has 8 nitrogen and oxygen atoms in total. The largest absolute Gasteiger partial charge is 0.353 e. The van der Waals surface area contributed by atoms with Crippen molar-refractivity contribution in [3.63, 3.8) is 0 Å². The van der Waals surface area contributed by atoms with Crippen LogP contribution in [0, 0.1) is 5.92 Å². The van der Waals surface area contributed by atoms with Crippen LogP contribution in [0.4, 0.5) is 8.78 Å². The molecule has 2 fully saturated rings. The summed E-state index contributed by atoms with van der Waals surface area (Å²) in [7, 11) is -7.31. The summed E-state index contributed by atoms with van der Waals surface area (Å²) in [5.74, 6) is -3.08. The molecule has 0 bridgehead atoms. The standard InChI is InChI=1S/C21H29F2N3O5S2/c1-2-32(28,29)24-14-17-9-12-26(15-17)33(30,31)19-5-3-16(4-6-19)13-20(27)25-18-7-10-21(22,23)11-8-18/h2-6,17-18,24H,1,7-15H2,(H,25,27)/t17-/m1/s1. The van der Waals surface area contributed by atoms with E-state index in [0.717, 1.165) is 5.41 Å². The zero-order valence-corrected chi connectivity index (χ0v) is 19.8. The topological polar surface area (TPSA) is 113 Å². The summed E-state index contributed by atoms with van der Waals surface area (Å²) in [5, 5.41) is 3.58. The van der Waals surface area contributed by atoms with Gasteiger partial charge in [0.2, 0.25) is 31.9 Å². The minimum atomic E-state index is -3.75. The normalized spacial score (nSPS) is 22.2. The first kappa shape index (κ1) is 25.7. The summed E-state index contributed by atoms with van der Waals surface area (Å²) in [6, 6.07) is 5.73. The Morgan fingerprint density at radius 2 is 1.76 bits per heavy atom. The van der Waals surface area contributed by atoms with Crippen LogP contribution in [-0.4, -0.2) is 58.6 Å². The van der Waals surface area contributed by atoms with Crippen molar-refractivity contribution >= 4 is 26.0 Å². The molecule has 0 spiro atoms. The first-order valence-corrected chi connectivity index (χ1v) is 13.8. The Hall–Kier alpha value is -1.89. The van der Waals surface area contributed by atoms with Gasteiger partial charge in [-0.2, -0.15) is 4.31 Å². The van der Waals surface area contributed by atoms with Crippen LogP contribution in [0.15, 0.2) is 41.1 Å². The van der Waals surface area contributed by atoms with Crippen molar-refractivity contribution in [3.05, 3.63) is 41.8 Å². The molecule has 1 heterocycles. The smallest absolute Gasteiger partial charge is 0.248 e. The number of carbonyl (C=O) groups is 1. The van der Waals surface area contributed by atoms with Crippen molar-refractivity contribution in [2.24, 2.45) is 5.92 Å². The molecule has 12 heteroatoms. The molecule has 1 aromatic rings. The van der Waals surface area contributed by atoms with Gasteiger partial charge < -0.3 is 5.32 Å². The van der Waals surface area contributed by atoms with E-state index >= 15 is 0 Å². The van der Waals surface area contributed by atoms with E-state index in [9.17, 15) is 30.4 Å². The number of hydrogen-bond acceptors (Lipinski definition) is 5. The van der Waals surface area contributed by atoms with Crippen LogP contribution >= 0.6 is 0 Å². The molecule has 0 unspecified atom stereocenters. The van der Waals surface area contributed by atoms with Crippen LogP contribution in [0.1, 0.15) is 37.7 Å². The van der Waals surface area contributed by atoms with Crippen LogP contribution in [0.2, 0.25) is 0 Å². The van der Waals surface area contributed by atoms with Crippen LogP contribution in [0.25, 0.3) is 0 Å². The maximum atomic E-state index is 13.2. The van der Waals surface area contributed by atoms with E-state index in [2.05, 4.69) is 16.6 Å². The predicted molar refractivity (Wildman–Crippen MR) is 119 cm³/mol. The van der Waals surface area contributed by atoms with Gasteiger partial charge in [0.15, 0.2) is 0 Å². The number of amides is 1. The Bertz CT molecular complexity index is 1070. The molecule has 3 rings (SSSR count). The van der Waals surface area contributed by atoms with E-state index < -0.39 is 26.0 Å². The Morgan fingerprint density at radius 3 is 2.36 bits per heavy atom. The maximum Gasteiger partial charge on any atom is 0.248 e. The van der Waals surface area contributed by atoms with Gasteiger partial charge in [0.25, 0.3) is 0 Å². The summed E-state index contributed by atoms with van der Waals surface area (Å²) < 4.78 is 79.0. The van der Waals surface area contributed by atoms with E-state index in [0.29, 0.717) is 12.0 Å². The summed E-state index contributed by atoms with van der Waals surface area (Å²) >= 11 is 0. The molecule has 2 aliphatic rings. The predicted octanol–water partition coefficient (Wildman–Crippen LogP) is 2.00. The molecule has 1 atom stereocenters. The van der Waals surface area contributed by atoms with Crippen molar-refractivity contribution < 1.29 is 30.4 Å². The number of carbonyl (C=O) groups excluding carboxylic acids is 1.